The van der Waals surface area contributed by atoms with Crippen LogP contribution in [0, 0.1) is 11.3 Å². The standard InChI is InChI=1S/C10H16N2O2/c1-3-14-10(13)8(2)12-6-4-5-9(12)7-11/h8-9H,3-6H2,1-2H3. The Hall–Kier alpha value is -1.08. The zero-order valence-electron chi connectivity index (χ0n) is 8.69. The van der Waals surface area contributed by atoms with Crippen LogP contribution in [0.3, 0.4) is 0 Å². The number of nitriles is 1. The van der Waals surface area contributed by atoms with E-state index < -0.39 is 0 Å². The minimum absolute atomic E-state index is 0.116. The van der Waals surface area contributed by atoms with Crippen molar-refractivity contribution in [2.75, 3.05) is 13.2 Å². The van der Waals surface area contributed by atoms with Crippen LogP contribution in [0.25, 0.3) is 0 Å². The lowest BCUT2D eigenvalue weighted by Gasteiger charge is -2.24. The molecule has 2 unspecified atom stereocenters. The Morgan fingerprint density at radius 3 is 3.07 bits per heavy atom. The zero-order chi connectivity index (χ0) is 10.6. The normalized spacial score (nSPS) is 24.2. The Morgan fingerprint density at radius 1 is 1.79 bits per heavy atom. The number of esters is 1. The highest BCUT2D eigenvalue weighted by molar-refractivity contribution is 5.75. The number of carbonyl (C=O) groups excluding carboxylic acids is 1. The number of hydrogen-bond acceptors (Lipinski definition) is 4. The van der Waals surface area contributed by atoms with E-state index in [4.69, 9.17) is 10.00 Å². The van der Waals surface area contributed by atoms with E-state index in [1.165, 1.54) is 0 Å². The van der Waals surface area contributed by atoms with Gasteiger partial charge in [-0.05, 0) is 26.7 Å². The largest absolute Gasteiger partial charge is 0.465 e. The van der Waals surface area contributed by atoms with Crippen molar-refractivity contribution in [1.29, 1.82) is 5.26 Å². The summed E-state index contributed by atoms with van der Waals surface area (Å²) in [7, 11) is 0. The second-order valence-electron chi connectivity index (χ2n) is 3.45. The fourth-order valence-electron chi connectivity index (χ4n) is 1.79. The highest BCUT2D eigenvalue weighted by Gasteiger charge is 2.32. The second kappa shape index (κ2) is 4.97. The molecule has 0 aromatic carbocycles. The molecule has 1 aliphatic rings. The summed E-state index contributed by atoms with van der Waals surface area (Å²) in [5.74, 6) is -0.227. The van der Waals surface area contributed by atoms with Gasteiger partial charge < -0.3 is 4.74 Å². The third-order valence-corrected chi connectivity index (χ3v) is 2.57. The van der Waals surface area contributed by atoms with Crippen LogP contribution in [0.4, 0.5) is 0 Å². The van der Waals surface area contributed by atoms with Gasteiger partial charge in [-0.1, -0.05) is 0 Å². The summed E-state index contributed by atoms with van der Waals surface area (Å²) in [5, 5.41) is 8.85. The monoisotopic (exact) mass is 196 g/mol. The molecule has 0 aromatic rings. The van der Waals surface area contributed by atoms with Gasteiger partial charge in [0.2, 0.25) is 0 Å². The summed E-state index contributed by atoms with van der Waals surface area (Å²) in [6.45, 7) is 4.80. The second-order valence-corrected chi connectivity index (χ2v) is 3.45. The molecule has 0 bridgehead atoms. The van der Waals surface area contributed by atoms with Gasteiger partial charge in [-0.25, -0.2) is 0 Å². The van der Waals surface area contributed by atoms with Crippen molar-refractivity contribution in [3.8, 4) is 6.07 Å². The molecule has 0 aromatic heterocycles. The molecule has 78 valence electrons. The molecule has 1 aliphatic heterocycles. The van der Waals surface area contributed by atoms with Gasteiger partial charge in [0, 0.05) is 6.54 Å². The zero-order valence-corrected chi connectivity index (χ0v) is 8.69. The first-order valence-corrected chi connectivity index (χ1v) is 5.02. The molecule has 1 fully saturated rings. The molecule has 0 radical (unpaired) electrons. The summed E-state index contributed by atoms with van der Waals surface area (Å²) in [6, 6.07) is 1.80. The Kier molecular flexibility index (Phi) is 3.90. The topological polar surface area (TPSA) is 53.3 Å². The summed E-state index contributed by atoms with van der Waals surface area (Å²) < 4.78 is 4.92. The van der Waals surface area contributed by atoms with Gasteiger partial charge in [-0.15, -0.1) is 0 Å². The average Bonchev–Trinajstić information content (AvgIpc) is 2.64. The Labute approximate surface area is 84.4 Å². The minimum atomic E-state index is -0.290. The summed E-state index contributed by atoms with van der Waals surface area (Å²) in [4.78, 5) is 13.3. The lowest BCUT2D eigenvalue weighted by molar-refractivity contribution is -0.148. The Balaban J connectivity index is 2.55. The quantitative estimate of drug-likeness (QED) is 0.630. The van der Waals surface area contributed by atoms with Crippen molar-refractivity contribution in [2.45, 2.75) is 38.8 Å². The maximum atomic E-state index is 11.4. The molecule has 0 N–H and O–H groups in total. The molecule has 2 atom stereocenters. The molecule has 1 rings (SSSR count). The molecule has 0 amide bonds. The molecule has 4 nitrogen and oxygen atoms in total. The first-order chi connectivity index (χ1) is 6.70. The summed E-state index contributed by atoms with van der Waals surface area (Å²) in [5.41, 5.74) is 0. The number of likely N-dealkylation sites (tertiary alicyclic amines) is 1. The molecule has 0 saturated carbocycles. The predicted molar refractivity (Wildman–Crippen MR) is 51.4 cm³/mol. The van der Waals surface area contributed by atoms with E-state index >= 15 is 0 Å². The van der Waals surface area contributed by atoms with Crippen LogP contribution < -0.4 is 0 Å². The lowest BCUT2D eigenvalue weighted by atomic mass is 10.2. The van der Waals surface area contributed by atoms with E-state index in [9.17, 15) is 4.79 Å². The van der Waals surface area contributed by atoms with Crippen LogP contribution in [-0.2, 0) is 9.53 Å². The molecule has 0 aliphatic carbocycles. The summed E-state index contributed by atoms with van der Waals surface area (Å²) in [6.07, 6.45) is 1.85. The lowest BCUT2D eigenvalue weighted by Crippen LogP contribution is -2.42. The Morgan fingerprint density at radius 2 is 2.50 bits per heavy atom. The van der Waals surface area contributed by atoms with Crippen molar-refractivity contribution >= 4 is 5.97 Å². The van der Waals surface area contributed by atoms with Crippen LogP contribution in [0.5, 0.6) is 0 Å². The van der Waals surface area contributed by atoms with E-state index in [0.717, 1.165) is 19.4 Å². The van der Waals surface area contributed by atoms with Crippen molar-refractivity contribution in [3.05, 3.63) is 0 Å². The minimum Gasteiger partial charge on any atom is -0.465 e. The van der Waals surface area contributed by atoms with Crippen LogP contribution >= 0.6 is 0 Å². The maximum Gasteiger partial charge on any atom is 0.323 e. The number of rotatable bonds is 3. The first-order valence-electron chi connectivity index (χ1n) is 5.02. The number of nitrogens with zero attached hydrogens (tertiary/aromatic N) is 2. The molecule has 1 saturated heterocycles. The molecule has 0 spiro atoms. The third kappa shape index (κ3) is 2.24. The van der Waals surface area contributed by atoms with Crippen LogP contribution in [0.15, 0.2) is 0 Å². The number of hydrogen-bond donors (Lipinski definition) is 0. The van der Waals surface area contributed by atoms with Crippen molar-refractivity contribution in [2.24, 2.45) is 0 Å². The maximum absolute atomic E-state index is 11.4. The van der Waals surface area contributed by atoms with Gasteiger partial charge in [0.1, 0.15) is 6.04 Å². The highest BCUT2D eigenvalue weighted by Crippen LogP contribution is 2.19. The molecule has 4 heteroatoms. The van der Waals surface area contributed by atoms with Crippen molar-refractivity contribution in [1.82, 2.24) is 4.90 Å². The predicted octanol–water partition coefficient (Wildman–Crippen LogP) is 0.926. The van der Waals surface area contributed by atoms with Crippen LogP contribution in [0.2, 0.25) is 0 Å². The van der Waals surface area contributed by atoms with Gasteiger partial charge in [-0.2, -0.15) is 5.26 Å². The average molecular weight is 196 g/mol. The van der Waals surface area contributed by atoms with Crippen LogP contribution in [-0.4, -0.2) is 36.1 Å². The number of ether oxygens (including phenoxy) is 1. The Bertz CT molecular complexity index is 247. The first kappa shape index (κ1) is 11.0. The molecule has 1 heterocycles. The van der Waals surface area contributed by atoms with Gasteiger partial charge in [0.15, 0.2) is 0 Å². The van der Waals surface area contributed by atoms with E-state index in [1.54, 1.807) is 13.8 Å². The van der Waals surface area contributed by atoms with Gasteiger partial charge in [0.05, 0.1) is 18.7 Å². The highest BCUT2D eigenvalue weighted by atomic mass is 16.5. The van der Waals surface area contributed by atoms with E-state index in [1.807, 2.05) is 4.90 Å². The molecular weight excluding hydrogens is 180 g/mol. The third-order valence-electron chi connectivity index (χ3n) is 2.57. The van der Waals surface area contributed by atoms with E-state index in [2.05, 4.69) is 6.07 Å². The smallest absolute Gasteiger partial charge is 0.323 e. The van der Waals surface area contributed by atoms with Gasteiger partial charge in [-0.3, -0.25) is 9.69 Å². The summed E-state index contributed by atoms with van der Waals surface area (Å²) >= 11 is 0. The van der Waals surface area contributed by atoms with E-state index in [-0.39, 0.29) is 18.1 Å². The molecule has 14 heavy (non-hydrogen) atoms. The van der Waals surface area contributed by atoms with Crippen LogP contribution in [0.1, 0.15) is 26.7 Å². The van der Waals surface area contributed by atoms with Gasteiger partial charge >= 0.3 is 5.97 Å². The fraction of sp³-hybridized carbons (Fsp3) is 0.800. The van der Waals surface area contributed by atoms with Crippen molar-refractivity contribution in [3.63, 3.8) is 0 Å². The van der Waals surface area contributed by atoms with Crippen molar-refractivity contribution < 1.29 is 9.53 Å². The number of carbonyl (C=O) groups is 1. The van der Waals surface area contributed by atoms with Gasteiger partial charge in [0.25, 0.3) is 0 Å². The fourth-order valence-corrected chi connectivity index (χ4v) is 1.79. The SMILES string of the molecule is CCOC(=O)C(C)N1CCCC1C#N. The van der Waals surface area contributed by atoms with E-state index in [0.29, 0.717) is 6.61 Å². The molecular formula is C10H16N2O2.